The van der Waals surface area contributed by atoms with Gasteiger partial charge in [-0.25, -0.2) is 0 Å². The van der Waals surface area contributed by atoms with E-state index in [0.29, 0.717) is 11.8 Å². The van der Waals surface area contributed by atoms with E-state index < -0.39 is 5.41 Å². The average Bonchev–Trinajstić information content (AvgIpc) is 3.36. The first-order valence-corrected chi connectivity index (χ1v) is 22.9. The number of para-hydroxylation sites is 2. The van der Waals surface area contributed by atoms with Crippen LogP contribution in [0.1, 0.15) is 90.8 Å². The Labute approximate surface area is 374 Å². The predicted octanol–water partition coefficient (Wildman–Crippen LogP) is 16.8. The highest BCUT2D eigenvalue weighted by molar-refractivity contribution is 5.90. The smallest absolute Gasteiger partial charge is 0.0742 e. The van der Waals surface area contributed by atoms with Gasteiger partial charge in [0.25, 0.3) is 0 Å². The molecule has 0 radical (unpaired) electrons. The van der Waals surface area contributed by atoms with Crippen LogP contribution in [0.5, 0.6) is 0 Å². The van der Waals surface area contributed by atoms with Gasteiger partial charge in [0.2, 0.25) is 0 Å². The zero-order valence-electron chi connectivity index (χ0n) is 36.5. The highest BCUT2D eigenvalue weighted by Crippen LogP contribution is 2.57. The van der Waals surface area contributed by atoms with Gasteiger partial charge in [-0.3, -0.25) is 0 Å². The van der Waals surface area contributed by atoms with Gasteiger partial charge in [-0.05, 0) is 136 Å². The summed E-state index contributed by atoms with van der Waals surface area (Å²) < 4.78 is 0. The number of rotatable bonds is 8. The van der Waals surface area contributed by atoms with E-state index in [4.69, 9.17) is 0 Å². The van der Waals surface area contributed by atoms with Crippen molar-refractivity contribution in [1.29, 1.82) is 0 Å². The molecule has 63 heavy (non-hydrogen) atoms. The molecule has 0 amide bonds. The molecule has 8 aromatic rings. The highest BCUT2D eigenvalue weighted by Gasteiger charge is 2.46. The standard InChI is InChI=1S/C62H55N/c1-3-54-56(30-20-29-55(48-21-8-4-9-22-48)45(2)35-44-57(54)49-23-10-5-11-24-49)50-38-36-46(37-39-50)47-40-42-53(43-41-47)63-60-33-18-16-31-58(60)62(51-25-12-6-13-26-51,52-27-14-7-15-28-52)59-32-17-19-34-61(59)63/h4-19,21-28,30-34,36-43,54,57H,3,20,29,35,44H2,1-2H3/b55-45+,56-30-. The molecule has 0 spiro atoms. The Morgan fingerprint density at radius 3 is 1.51 bits per heavy atom. The van der Waals surface area contributed by atoms with Crippen molar-refractivity contribution in [1.82, 2.24) is 0 Å². The maximum absolute atomic E-state index is 2.58. The molecular weight excluding hydrogens is 759 g/mol. The summed E-state index contributed by atoms with van der Waals surface area (Å²) in [6.07, 6.45) is 8.01. The van der Waals surface area contributed by atoms with E-state index in [1.165, 1.54) is 78.2 Å². The molecule has 2 aliphatic rings. The lowest BCUT2D eigenvalue weighted by Gasteiger charge is -2.46. The summed E-state index contributed by atoms with van der Waals surface area (Å²) in [5.41, 5.74) is 19.3. The second-order valence-corrected chi connectivity index (χ2v) is 17.4. The number of hydrogen-bond acceptors (Lipinski definition) is 1. The summed E-state index contributed by atoms with van der Waals surface area (Å²) in [7, 11) is 0. The molecule has 8 aromatic carbocycles. The lowest BCUT2D eigenvalue weighted by atomic mass is 9.62. The number of anilines is 3. The Bertz CT molecular complexity index is 2760. The van der Waals surface area contributed by atoms with Crippen LogP contribution in [-0.4, -0.2) is 0 Å². The van der Waals surface area contributed by atoms with Crippen molar-refractivity contribution in [2.45, 2.75) is 57.3 Å². The van der Waals surface area contributed by atoms with Gasteiger partial charge in [-0.1, -0.05) is 213 Å². The monoisotopic (exact) mass is 813 g/mol. The van der Waals surface area contributed by atoms with Crippen molar-refractivity contribution in [3.05, 3.63) is 269 Å². The van der Waals surface area contributed by atoms with Gasteiger partial charge in [-0.2, -0.15) is 0 Å². The van der Waals surface area contributed by atoms with E-state index in [2.05, 4.69) is 243 Å². The van der Waals surface area contributed by atoms with Gasteiger partial charge in [0.15, 0.2) is 0 Å². The molecule has 0 fully saturated rings. The van der Waals surface area contributed by atoms with Crippen LogP contribution in [0, 0.1) is 5.92 Å². The topological polar surface area (TPSA) is 3.24 Å². The fourth-order valence-corrected chi connectivity index (χ4v) is 11.0. The minimum Gasteiger partial charge on any atom is -0.310 e. The molecule has 0 N–H and O–H groups in total. The van der Waals surface area contributed by atoms with Crippen LogP contribution in [0.15, 0.2) is 230 Å². The number of fused-ring (bicyclic) bond motifs is 2. The first kappa shape index (κ1) is 40.1. The van der Waals surface area contributed by atoms with Crippen LogP contribution in [0.4, 0.5) is 17.1 Å². The molecule has 1 aliphatic heterocycles. The van der Waals surface area contributed by atoms with Crippen molar-refractivity contribution >= 4 is 28.2 Å². The van der Waals surface area contributed by atoms with Gasteiger partial charge in [0.05, 0.1) is 16.8 Å². The number of allylic oxidation sites excluding steroid dienone is 4. The van der Waals surface area contributed by atoms with Gasteiger partial charge in [-0.15, -0.1) is 0 Å². The van der Waals surface area contributed by atoms with Crippen LogP contribution in [-0.2, 0) is 5.41 Å². The van der Waals surface area contributed by atoms with Crippen molar-refractivity contribution in [3.63, 3.8) is 0 Å². The summed E-state index contributed by atoms with van der Waals surface area (Å²) in [5.74, 6) is 0.872. The first-order chi connectivity index (χ1) is 31.1. The molecule has 1 heterocycles. The maximum Gasteiger partial charge on any atom is 0.0742 e. The molecule has 0 aromatic heterocycles. The second kappa shape index (κ2) is 17.8. The zero-order valence-corrected chi connectivity index (χ0v) is 36.5. The molecule has 10 rings (SSSR count). The van der Waals surface area contributed by atoms with Crippen molar-refractivity contribution in [2.24, 2.45) is 5.92 Å². The predicted molar refractivity (Wildman–Crippen MR) is 267 cm³/mol. The lowest BCUT2D eigenvalue weighted by molar-refractivity contribution is 0.474. The number of benzene rings is 8. The molecule has 308 valence electrons. The fourth-order valence-electron chi connectivity index (χ4n) is 11.0. The molecule has 2 unspecified atom stereocenters. The van der Waals surface area contributed by atoms with Gasteiger partial charge >= 0.3 is 0 Å². The van der Waals surface area contributed by atoms with E-state index in [1.54, 1.807) is 0 Å². The molecule has 0 saturated heterocycles. The third-order valence-corrected chi connectivity index (χ3v) is 14.0. The molecule has 1 nitrogen and oxygen atoms in total. The van der Waals surface area contributed by atoms with Crippen molar-refractivity contribution < 1.29 is 0 Å². The Hall–Kier alpha value is -6.96. The van der Waals surface area contributed by atoms with E-state index in [-0.39, 0.29) is 0 Å². The molecule has 1 heteroatoms. The average molecular weight is 814 g/mol. The lowest BCUT2D eigenvalue weighted by Crippen LogP contribution is -2.37. The third kappa shape index (κ3) is 7.46. The van der Waals surface area contributed by atoms with Crippen molar-refractivity contribution in [3.8, 4) is 11.1 Å². The summed E-state index contributed by atoms with van der Waals surface area (Å²) in [5, 5.41) is 0. The minimum absolute atomic E-state index is 0.432. The van der Waals surface area contributed by atoms with E-state index >= 15 is 0 Å². The molecular formula is C62H55N. The van der Waals surface area contributed by atoms with Crippen LogP contribution >= 0.6 is 0 Å². The van der Waals surface area contributed by atoms with Crippen LogP contribution < -0.4 is 4.90 Å². The van der Waals surface area contributed by atoms with Crippen molar-refractivity contribution in [2.75, 3.05) is 4.90 Å². The van der Waals surface area contributed by atoms with Gasteiger partial charge < -0.3 is 4.90 Å². The Morgan fingerprint density at radius 2 is 0.952 bits per heavy atom. The third-order valence-electron chi connectivity index (χ3n) is 14.0. The minimum atomic E-state index is -0.476. The fraction of sp³-hybridized carbons (Fsp3) is 0.161. The maximum atomic E-state index is 2.58. The Balaban J connectivity index is 0.998. The van der Waals surface area contributed by atoms with E-state index in [9.17, 15) is 0 Å². The SMILES string of the molecule is CCC1/C(c2ccc(-c3ccc(N4c5ccccc5C(c5ccccc5)(c5ccccc5)c5ccccc54)cc3)cc2)=C\CC/C(c2ccccc2)=C(/C)CCC1c1ccccc1. The first-order valence-electron chi connectivity index (χ1n) is 22.9. The van der Waals surface area contributed by atoms with Crippen LogP contribution in [0.2, 0.25) is 0 Å². The largest absolute Gasteiger partial charge is 0.310 e. The molecule has 0 saturated carbocycles. The number of hydrogen-bond donors (Lipinski definition) is 0. The van der Waals surface area contributed by atoms with Gasteiger partial charge in [0.1, 0.15) is 0 Å². The highest BCUT2D eigenvalue weighted by atomic mass is 15.2. The molecule has 2 atom stereocenters. The molecule has 0 bridgehead atoms. The summed E-state index contributed by atoms with van der Waals surface area (Å²) in [6.45, 7) is 4.76. The van der Waals surface area contributed by atoms with Gasteiger partial charge in [0, 0.05) is 5.69 Å². The normalized spacial score (nSPS) is 19.3. The number of nitrogens with zero attached hydrogens (tertiary/aromatic N) is 1. The summed E-state index contributed by atoms with van der Waals surface area (Å²) in [6, 6.07) is 81.0. The van der Waals surface area contributed by atoms with Crippen LogP contribution in [0.25, 0.3) is 22.3 Å². The Kier molecular flexibility index (Phi) is 11.3. The van der Waals surface area contributed by atoms with E-state index in [0.717, 1.165) is 37.8 Å². The summed E-state index contributed by atoms with van der Waals surface area (Å²) in [4.78, 5) is 2.46. The quantitative estimate of drug-likeness (QED) is 0.148. The summed E-state index contributed by atoms with van der Waals surface area (Å²) >= 11 is 0. The zero-order chi connectivity index (χ0) is 42.6. The Morgan fingerprint density at radius 1 is 0.476 bits per heavy atom. The molecule has 1 aliphatic carbocycles. The van der Waals surface area contributed by atoms with Crippen LogP contribution in [0.3, 0.4) is 0 Å². The second-order valence-electron chi connectivity index (χ2n) is 17.4. The van der Waals surface area contributed by atoms with E-state index in [1.807, 2.05) is 0 Å².